The molecule has 1 amide bonds. The van der Waals surface area contributed by atoms with Crippen LogP contribution in [0, 0.1) is 5.92 Å². The number of rotatable bonds is 9. The van der Waals surface area contributed by atoms with Crippen LogP contribution in [-0.2, 0) is 16.6 Å². The summed E-state index contributed by atoms with van der Waals surface area (Å²) in [5.74, 6) is 1.14. The highest BCUT2D eigenvalue weighted by atomic mass is 32.2. The molecule has 2 fully saturated rings. The van der Waals surface area contributed by atoms with E-state index in [9.17, 15) is 13.2 Å². The first-order valence-electron chi connectivity index (χ1n) is 13.1. The highest BCUT2D eigenvalue weighted by Gasteiger charge is 2.30. The van der Waals surface area contributed by atoms with E-state index in [0.717, 1.165) is 30.1 Å². The SMILES string of the molecule is COc1cccc(C(=O)NCc2ccc(S(=O)(=O)N3CCCC(N[C@H](C)C4CCCCC4)CC3)s2)c1. The summed E-state index contributed by atoms with van der Waals surface area (Å²) in [5, 5.41) is 6.70. The number of thiophene rings is 1. The minimum Gasteiger partial charge on any atom is -0.497 e. The Kier molecular flexibility index (Phi) is 9.44. The highest BCUT2D eigenvalue weighted by Crippen LogP contribution is 2.29. The normalized spacial score (nSPS) is 21.0. The van der Waals surface area contributed by atoms with Crippen LogP contribution in [-0.4, -0.2) is 50.9 Å². The zero-order valence-corrected chi connectivity index (χ0v) is 23.0. The van der Waals surface area contributed by atoms with Crippen molar-refractivity contribution >= 4 is 27.3 Å². The second kappa shape index (κ2) is 12.5. The molecule has 0 spiro atoms. The average Bonchev–Trinajstić information content (AvgIpc) is 3.27. The highest BCUT2D eigenvalue weighted by molar-refractivity contribution is 7.91. The van der Waals surface area contributed by atoms with E-state index in [0.29, 0.717) is 40.7 Å². The van der Waals surface area contributed by atoms with Gasteiger partial charge in [-0.1, -0.05) is 25.3 Å². The van der Waals surface area contributed by atoms with Crippen molar-refractivity contribution in [2.24, 2.45) is 5.92 Å². The van der Waals surface area contributed by atoms with E-state index >= 15 is 0 Å². The van der Waals surface area contributed by atoms with Gasteiger partial charge in [0.15, 0.2) is 0 Å². The predicted octanol–water partition coefficient (Wildman–Crippen LogP) is 4.79. The van der Waals surface area contributed by atoms with E-state index in [1.54, 1.807) is 47.8 Å². The number of hydrogen-bond donors (Lipinski definition) is 2. The summed E-state index contributed by atoms with van der Waals surface area (Å²) in [5.41, 5.74) is 0.504. The molecule has 7 nitrogen and oxygen atoms in total. The summed E-state index contributed by atoms with van der Waals surface area (Å²) in [4.78, 5) is 13.3. The maximum absolute atomic E-state index is 13.4. The lowest BCUT2D eigenvalue weighted by Crippen LogP contribution is -2.42. The van der Waals surface area contributed by atoms with E-state index in [4.69, 9.17) is 4.74 Å². The zero-order chi connectivity index (χ0) is 25.5. The molecule has 1 aliphatic heterocycles. The molecule has 36 heavy (non-hydrogen) atoms. The summed E-state index contributed by atoms with van der Waals surface area (Å²) >= 11 is 1.23. The van der Waals surface area contributed by atoms with Crippen LogP contribution in [0.1, 0.15) is 73.5 Å². The molecule has 0 radical (unpaired) electrons. The first-order valence-corrected chi connectivity index (χ1v) is 15.4. The Hall–Kier alpha value is -1.94. The van der Waals surface area contributed by atoms with Gasteiger partial charge < -0.3 is 15.4 Å². The Labute approximate surface area is 219 Å². The van der Waals surface area contributed by atoms with Gasteiger partial charge in [0.25, 0.3) is 15.9 Å². The molecule has 2 aromatic rings. The van der Waals surface area contributed by atoms with Crippen LogP contribution < -0.4 is 15.4 Å². The molecule has 2 atom stereocenters. The van der Waals surface area contributed by atoms with Crippen molar-refractivity contribution in [2.75, 3.05) is 20.2 Å². The third-order valence-corrected chi connectivity index (χ3v) is 11.0. The predicted molar refractivity (Wildman–Crippen MR) is 144 cm³/mol. The summed E-state index contributed by atoms with van der Waals surface area (Å²) < 4.78 is 33.9. The molecule has 0 bridgehead atoms. The third-order valence-electron chi connectivity index (χ3n) is 7.53. The number of ether oxygens (including phenoxy) is 1. The molecule has 1 saturated heterocycles. The second-order valence-corrected chi connectivity index (χ2v) is 13.4. The van der Waals surface area contributed by atoms with Gasteiger partial charge in [-0.3, -0.25) is 4.79 Å². The smallest absolute Gasteiger partial charge is 0.252 e. The van der Waals surface area contributed by atoms with E-state index in [1.165, 1.54) is 43.4 Å². The van der Waals surface area contributed by atoms with Gasteiger partial charge in [-0.25, -0.2) is 8.42 Å². The molecule has 1 unspecified atom stereocenters. The zero-order valence-electron chi connectivity index (χ0n) is 21.4. The van der Waals surface area contributed by atoms with Gasteiger partial charge in [0.05, 0.1) is 13.7 Å². The van der Waals surface area contributed by atoms with Crippen LogP contribution in [0.5, 0.6) is 5.75 Å². The van der Waals surface area contributed by atoms with Crippen molar-refractivity contribution < 1.29 is 17.9 Å². The second-order valence-electron chi connectivity index (χ2n) is 10.0. The number of sulfonamides is 1. The van der Waals surface area contributed by atoms with Crippen molar-refractivity contribution in [2.45, 2.75) is 81.1 Å². The van der Waals surface area contributed by atoms with Crippen molar-refractivity contribution in [3.05, 3.63) is 46.8 Å². The summed E-state index contributed by atoms with van der Waals surface area (Å²) in [6.07, 6.45) is 9.35. The molecule has 2 N–H and O–H groups in total. The molecule has 1 aromatic heterocycles. The fourth-order valence-corrected chi connectivity index (χ4v) is 8.32. The number of amides is 1. The van der Waals surface area contributed by atoms with Crippen LogP contribution in [0.25, 0.3) is 0 Å². The van der Waals surface area contributed by atoms with E-state index < -0.39 is 10.0 Å². The molecular weight excluding hydrogens is 494 g/mol. The fraction of sp³-hybridized carbons (Fsp3) is 0.593. The number of nitrogens with one attached hydrogen (secondary N) is 2. The van der Waals surface area contributed by atoms with Crippen LogP contribution in [0.3, 0.4) is 0 Å². The number of methoxy groups -OCH3 is 1. The van der Waals surface area contributed by atoms with Crippen LogP contribution in [0.2, 0.25) is 0 Å². The lowest BCUT2D eigenvalue weighted by molar-refractivity contribution is 0.0951. The van der Waals surface area contributed by atoms with Crippen LogP contribution in [0.15, 0.2) is 40.6 Å². The molecule has 198 valence electrons. The lowest BCUT2D eigenvalue weighted by Gasteiger charge is -2.31. The first-order chi connectivity index (χ1) is 17.4. The summed E-state index contributed by atoms with van der Waals surface area (Å²) in [7, 11) is -1.98. The molecule has 9 heteroatoms. The first kappa shape index (κ1) is 27.1. The van der Waals surface area contributed by atoms with E-state index in [2.05, 4.69) is 17.6 Å². The lowest BCUT2D eigenvalue weighted by atomic mass is 9.84. The van der Waals surface area contributed by atoms with E-state index in [1.807, 2.05) is 0 Å². The van der Waals surface area contributed by atoms with Gasteiger partial charge in [-0.05, 0) is 75.3 Å². The van der Waals surface area contributed by atoms with Gasteiger partial charge in [0, 0.05) is 35.6 Å². The van der Waals surface area contributed by atoms with Crippen LogP contribution in [0.4, 0.5) is 0 Å². The average molecular weight is 534 g/mol. The fourth-order valence-electron chi connectivity index (χ4n) is 5.37. The molecule has 4 rings (SSSR count). The number of benzene rings is 1. The maximum Gasteiger partial charge on any atom is 0.252 e. The Morgan fingerprint density at radius 3 is 2.67 bits per heavy atom. The van der Waals surface area contributed by atoms with Gasteiger partial charge in [-0.2, -0.15) is 4.31 Å². The van der Waals surface area contributed by atoms with Gasteiger partial charge in [-0.15, -0.1) is 11.3 Å². The Morgan fingerprint density at radius 1 is 1.08 bits per heavy atom. The molecule has 2 heterocycles. The minimum atomic E-state index is -3.54. The van der Waals surface area contributed by atoms with E-state index in [-0.39, 0.29) is 12.5 Å². The standard InChI is InChI=1S/C27H39N3O4S2/c1-20(21-8-4-3-5-9-21)29-23-11-7-16-30(17-15-23)36(32,33)26-14-13-25(35-26)19-28-27(31)22-10-6-12-24(18-22)34-2/h6,10,12-14,18,20-21,23,29H,3-5,7-9,11,15-17,19H2,1-2H3,(H,28,31)/t20-,23?/m1/s1. The number of nitrogens with zero attached hydrogens (tertiary/aromatic N) is 1. The summed E-state index contributed by atoms with van der Waals surface area (Å²) in [6.45, 7) is 3.67. The monoisotopic (exact) mass is 533 g/mol. The number of carbonyl (C=O) groups excluding carboxylic acids is 1. The van der Waals surface area contributed by atoms with Crippen molar-refractivity contribution in [3.63, 3.8) is 0 Å². The van der Waals surface area contributed by atoms with Crippen molar-refractivity contribution in [1.29, 1.82) is 0 Å². The van der Waals surface area contributed by atoms with Crippen LogP contribution >= 0.6 is 11.3 Å². The Bertz CT molecular complexity index is 1110. The number of hydrogen-bond acceptors (Lipinski definition) is 6. The van der Waals surface area contributed by atoms with Gasteiger partial charge in [0.2, 0.25) is 0 Å². The maximum atomic E-state index is 13.4. The van der Waals surface area contributed by atoms with Gasteiger partial charge >= 0.3 is 0 Å². The Balaban J connectivity index is 1.30. The number of carbonyl (C=O) groups is 1. The van der Waals surface area contributed by atoms with Gasteiger partial charge in [0.1, 0.15) is 9.96 Å². The third kappa shape index (κ3) is 6.88. The van der Waals surface area contributed by atoms with Crippen molar-refractivity contribution in [1.82, 2.24) is 14.9 Å². The quantitative estimate of drug-likeness (QED) is 0.484. The molecule has 1 aliphatic carbocycles. The largest absolute Gasteiger partial charge is 0.497 e. The Morgan fingerprint density at radius 2 is 1.89 bits per heavy atom. The molecule has 1 saturated carbocycles. The van der Waals surface area contributed by atoms with Crippen molar-refractivity contribution in [3.8, 4) is 5.75 Å². The molecule has 1 aromatic carbocycles. The molecule has 2 aliphatic rings. The molecular formula is C27H39N3O4S2. The topological polar surface area (TPSA) is 87.7 Å². The minimum absolute atomic E-state index is 0.222. The summed E-state index contributed by atoms with van der Waals surface area (Å²) in [6, 6.07) is 11.3.